The van der Waals surface area contributed by atoms with Crippen molar-refractivity contribution in [1.82, 2.24) is 4.90 Å². The van der Waals surface area contributed by atoms with Gasteiger partial charge in [0.05, 0.1) is 21.3 Å². The van der Waals surface area contributed by atoms with Gasteiger partial charge in [0, 0.05) is 14.1 Å². The monoisotopic (exact) mass is 311 g/mol. The Bertz CT molecular complexity index is 555. The third-order valence-corrected chi connectivity index (χ3v) is 3.00. The van der Waals surface area contributed by atoms with Crippen LogP contribution in [-0.2, 0) is 9.53 Å². The highest BCUT2D eigenvalue weighted by Gasteiger charge is 2.25. The summed E-state index contributed by atoms with van der Waals surface area (Å²) in [6, 6.07) is 3.06. The first-order valence-corrected chi connectivity index (χ1v) is 6.58. The standard InChI is InChI=1S/C15H21NO6/c1-9(14(17)16(2)3)22-15(18)10-7-8-11(19-4)13(21-6)12(10)20-5/h7-9H,1-6H3/t9-/m1/s1. The number of rotatable bonds is 6. The molecule has 0 spiro atoms. The van der Waals surface area contributed by atoms with Crippen LogP contribution in [0.25, 0.3) is 0 Å². The maximum atomic E-state index is 12.3. The average molecular weight is 311 g/mol. The number of hydrogen-bond donors (Lipinski definition) is 0. The van der Waals surface area contributed by atoms with E-state index in [1.54, 1.807) is 20.2 Å². The summed E-state index contributed by atoms with van der Waals surface area (Å²) in [5.41, 5.74) is 0.151. The summed E-state index contributed by atoms with van der Waals surface area (Å²) in [6.07, 6.45) is -0.902. The fourth-order valence-electron chi connectivity index (χ4n) is 1.90. The van der Waals surface area contributed by atoms with Gasteiger partial charge in [-0.05, 0) is 19.1 Å². The van der Waals surface area contributed by atoms with Crippen molar-refractivity contribution in [3.63, 3.8) is 0 Å². The smallest absolute Gasteiger partial charge is 0.342 e. The van der Waals surface area contributed by atoms with E-state index in [0.717, 1.165) is 0 Å². The van der Waals surface area contributed by atoms with Crippen LogP contribution in [0.3, 0.4) is 0 Å². The molecule has 7 heteroatoms. The van der Waals surface area contributed by atoms with Gasteiger partial charge in [-0.15, -0.1) is 0 Å². The summed E-state index contributed by atoms with van der Waals surface area (Å²) < 4.78 is 20.7. The Morgan fingerprint density at radius 1 is 1.00 bits per heavy atom. The number of methoxy groups -OCH3 is 3. The van der Waals surface area contributed by atoms with Gasteiger partial charge in [-0.25, -0.2) is 4.79 Å². The van der Waals surface area contributed by atoms with Crippen LogP contribution in [0.5, 0.6) is 17.2 Å². The van der Waals surface area contributed by atoms with Crippen molar-refractivity contribution in [3.05, 3.63) is 17.7 Å². The molecule has 22 heavy (non-hydrogen) atoms. The lowest BCUT2D eigenvalue weighted by atomic mass is 10.1. The van der Waals surface area contributed by atoms with Crippen molar-refractivity contribution in [3.8, 4) is 17.2 Å². The van der Waals surface area contributed by atoms with Gasteiger partial charge >= 0.3 is 5.97 Å². The van der Waals surface area contributed by atoms with Gasteiger partial charge in [-0.1, -0.05) is 0 Å². The summed E-state index contributed by atoms with van der Waals surface area (Å²) in [5, 5.41) is 0. The molecule has 0 heterocycles. The topological polar surface area (TPSA) is 74.3 Å². The minimum Gasteiger partial charge on any atom is -0.493 e. The van der Waals surface area contributed by atoms with Gasteiger partial charge in [-0.2, -0.15) is 0 Å². The predicted octanol–water partition coefficient (Wildman–Crippen LogP) is 1.35. The van der Waals surface area contributed by atoms with E-state index in [-0.39, 0.29) is 23.0 Å². The average Bonchev–Trinajstić information content (AvgIpc) is 2.51. The lowest BCUT2D eigenvalue weighted by Gasteiger charge is -2.19. The second-order valence-corrected chi connectivity index (χ2v) is 4.66. The highest BCUT2D eigenvalue weighted by Crippen LogP contribution is 2.40. The van der Waals surface area contributed by atoms with Gasteiger partial charge < -0.3 is 23.8 Å². The van der Waals surface area contributed by atoms with Crippen molar-refractivity contribution in [2.75, 3.05) is 35.4 Å². The van der Waals surface area contributed by atoms with Crippen LogP contribution >= 0.6 is 0 Å². The Morgan fingerprint density at radius 3 is 2.05 bits per heavy atom. The molecular weight excluding hydrogens is 290 g/mol. The fraction of sp³-hybridized carbons (Fsp3) is 0.467. The van der Waals surface area contributed by atoms with Crippen LogP contribution in [0.15, 0.2) is 12.1 Å². The summed E-state index contributed by atoms with van der Waals surface area (Å²) in [5.74, 6) is -0.0935. The Labute approximate surface area is 129 Å². The third-order valence-electron chi connectivity index (χ3n) is 3.00. The van der Waals surface area contributed by atoms with Gasteiger partial charge in [0.2, 0.25) is 5.75 Å². The second kappa shape index (κ2) is 7.53. The van der Waals surface area contributed by atoms with Gasteiger partial charge in [0.15, 0.2) is 17.6 Å². The number of ether oxygens (including phenoxy) is 4. The van der Waals surface area contributed by atoms with Gasteiger partial charge in [0.25, 0.3) is 5.91 Å². The normalized spacial score (nSPS) is 11.4. The molecule has 0 saturated carbocycles. The molecule has 1 atom stereocenters. The molecule has 0 aliphatic rings. The van der Waals surface area contributed by atoms with Gasteiger partial charge in [0.1, 0.15) is 5.56 Å². The molecule has 0 N–H and O–H groups in total. The molecule has 0 aliphatic heterocycles. The van der Waals surface area contributed by atoms with E-state index in [0.29, 0.717) is 5.75 Å². The molecule has 0 fully saturated rings. The number of carbonyl (C=O) groups is 2. The van der Waals surface area contributed by atoms with Crippen molar-refractivity contribution >= 4 is 11.9 Å². The number of esters is 1. The van der Waals surface area contributed by atoms with Crippen LogP contribution in [0.2, 0.25) is 0 Å². The zero-order valence-electron chi connectivity index (χ0n) is 13.6. The summed E-state index contributed by atoms with van der Waals surface area (Å²) in [7, 11) is 7.50. The molecule has 122 valence electrons. The number of nitrogens with zero attached hydrogens (tertiary/aromatic N) is 1. The molecule has 1 aromatic rings. The largest absolute Gasteiger partial charge is 0.493 e. The zero-order valence-corrected chi connectivity index (χ0v) is 13.6. The number of carbonyl (C=O) groups excluding carboxylic acids is 2. The van der Waals surface area contributed by atoms with E-state index in [9.17, 15) is 9.59 Å². The maximum Gasteiger partial charge on any atom is 0.342 e. The molecule has 0 saturated heterocycles. The van der Waals surface area contributed by atoms with Crippen molar-refractivity contribution < 1.29 is 28.5 Å². The first kappa shape index (κ1) is 17.6. The van der Waals surface area contributed by atoms with Crippen molar-refractivity contribution in [2.24, 2.45) is 0 Å². The van der Waals surface area contributed by atoms with E-state index in [1.165, 1.54) is 39.2 Å². The summed E-state index contributed by atoms with van der Waals surface area (Å²) in [4.78, 5) is 25.4. The van der Waals surface area contributed by atoms with Gasteiger partial charge in [-0.3, -0.25) is 4.79 Å². The quantitative estimate of drug-likeness (QED) is 0.738. The summed E-state index contributed by atoms with van der Waals surface area (Å²) >= 11 is 0. The summed E-state index contributed by atoms with van der Waals surface area (Å²) in [6.45, 7) is 1.51. The lowest BCUT2D eigenvalue weighted by Crippen LogP contribution is -2.35. The van der Waals surface area contributed by atoms with Crippen LogP contribution in [0.4, 0.5) is 0 Å². The number of benzene rings is 1. The van der Waals surface area contributed by atoms with Crippen molar-refractivity contribution in [1.29, 1.82) is 0 Å². The molecule has 0 unspecified atom stereocenters. The fourth-order valence-corrected chi connectivity index (χ4v) is 1.90. The minimum absolute atomic E-state index is 0.151. The molecule has 1 rings (SSSR count). The molecular formula is C15H21NO6. The first-order valence-electron chi connectivity index (χ1n) is 6.58. The zero-order chi connectivity index (χ0) is 16.9. The van der Waals surface area contributed by atoms with Crippen molar-refractivity contribution in [2.45, 2.75) is 13.0 Å². The third kappa shape index (κ3) is 3.60. The Kier molecular flexibility index (Phi) is 6.03. The highest BCUT2D eigenvalue weighted by atomic mass is 16.6. The minimum atomic E-state index is -0.902. The molecule has 0 aliphatic carbocycles. The molecule has 7 nitrogen and oxygen atoms in total. The SMILES string of the molecule is COc1ccc(C(=O)O[C@H](C)C(=O)N(C)C)c(OC)c1OC. The molecule has 0 bridgehead atoms. The Balaban J connectivity index is 3.11. The highest BCUT2D eigenvalue weighted by molar-refractivity contribution is 5.96. The molecule has 1 amide bonds. The second-order valence-electron chi connectivity index (χ2n) is 4.66. The lowest BCUT2D eigenvalue weighted by molar-refractivity contribution is -0.137. The molecule has 0 aromatic heterocycles. The molecule has 1 aromatic carbocycles. The van der Waals surface area contributed by atoms with Crippen LogP contribution in [0.1, 0.15) is 17.3 Å². The van der Waals surface area contributed by atoms with E-state index in [1.807, 2.05) is 0 Å². The van der Waals surface area contributed by atoms with E-state index in [2.05, 4.69) is 0 Å². The predicted molar refractivity (Wildman–Crippen MR) is 79.7 cm³/mol. The van der Waals surface area contributed by atoms with E-state index in [4.69, 9.17) is 18.9 Å². The number of likely N-dealkylation sites (N-methyl/N-ethyl adjacent to an activating group) is 1. The number of amides is 1. The Morgan fingerprint density at radius 2 is 1.59 bits per heavy atom. The van der Waals surface area contributed by atoms with Crippen LogP contribution in [-0.4, -0.2) is 58.3 Å². The van der Waals surface area contributed by atoms with E-state index < -0.39 is 12.1 Å². The maximum absolute atomic E-state index is 12.3. The molecule has 0 radical (unpaired) electrons. The van der Waals surface area contributed by atoms with Crippen LogP contribution < -0.4 is 14.2 Å². The first-order chi connectivity index (χ1) is 10.4. The Hall–Kier alpha value is -2.44. The number of hydrogen-bond acceptors (Lipinski definition) is 6. The van der Waals surface area contributed by atoms with E-state index >= 15 is 0 Å². The van der Waals surface area contributed by atoms with Crippen LogP contribution in [0, 0.1) is 0 Å².